The molecule has 2 N–H and O–H groups in total. The Balaban J connectivity index is 1.75. The monoisotopic (exact) mass is 379 g/mol. The van der Waals surface area contributed by atoms with E-state index in [0.717, 1.165) is 22.3 Å². The van der Waals surface area contributed by atoms with Crippen LogP contribution in [-0.2, 0) is 4.79 Å². The number of hydrazine groups is 1. The maximum Gasteiger partial charge on any atom is 0.344 e. The Hall–Kier alpha value is -1.89. The van der Waals surface area contributed by atoms with Crippen molar-refractivity contribution in [3.05, 3.63) is 34.3 Å². The van der Waals surface area contributed by atoms with Gasteiger partial charge in [0.1, 0.15) is 5.54 Å². The van der Waals surface area contributed by atoms with Gasteiger partial charge in [-0.3, -0.25) is 15.0 Å². The summed E-state index contributed by atoms with van der Waals surface area (Å²) in [5.74, 6) is -0.301. The molecule has 2 aliphatic rings. The molecule has 23 heavy (non-hydrogen) atoms. The van der Waals surface area contributed by atoms with Gasteiger partial charge in [0.2, 0.25) is 0 Å². The highest BCUT2D eigenvalue weighted by Crippen LogP contribution is 2.35. The fourth-order valence-electron chi connectivity index (χ4n) is 3.11. The van der Waals surface area contributed by atoms with E-state index >= 15 is 0 Å². The minimum atomic E-state index is -0.853. The van der Waals surface area contributed by atoms with Crippen molar-refractivity contribution in [3.63, 3.8) is 0 Å². The summed E-state index contributed by atoms with van der Waals surface area (Å²) >= 11 is 3.29. The summed E-state index contributed by atoms with van der Waals surface area (Å²) in [4.78, 5) is 37.1. The van der Waals surface area contributed by atoms with Crippen LogP contribution in [0.25, 0.3) is 0 Å². The Kier molecular flexibility index (Phi) is 4.14. The molecule has 6 nitrogen and oxygen atoms in total. The van der Waals surface area contributed by atoms with Gasteiger partial charge < -0.3 is 5.32 Å². The zero-order chi connectivity index (χ0) is 16.6. The van der Waals surface area contributed by atoms with Crippen LogP contribution in [0.15, 0.2) is 28.7 Å². The minimum Gasteiger partial charge on any atom is -0.322 e. The predicted molar refractivity (Wildman–Crippen MR) is 87.3 cm³/mol. The van der Waals surface area contributed by atoms with Crippen LogP contribution in [0, 0.1) is 5.92 Å². The number of amides is 4. The summed E-state index contributed by atoms with van der Waals surface area (Å²) in [5, 5.41) is 3.59. The van der Waals surface area contributed by atoms with Gasteiger partial charge in [0.15, 0.2) is 0 Å². The number of urea groups is 1. The smallest absolute Gasteiger partial charge is 0.322 e. The number of carbonyl (C=O) groups excluding carboxylic acids is 3. The Bertz CT molecular complexity index is 668. The van der Waals surface area contributed by atoms with E-state index in [9.17, 15) is 14.4 Å². The van der Waals surface area contributed by atoms with E-state index < -0.39 is 17.5 Å². The lowest BCUT2D eigenvalue weighted by molar-refractivity contribution is -0.134. The van der Waals surface area contributed by atoms with Gasteiger partial charge in [-0.15, -0.1) is 0 Å². The highest BCUT2D eigenvalue weighted by Gasteiger charge is 2.52. The largest absolute Gasteiger partial charge is 0.344 e. The highest BCUT2D eigenvalue weighted by molar-refractivity contribution is 9.10. The van der Waals surface area contributed by atoms with E-state index in [0.29, 0.717) is 24.3 Å². The molecule has 1 heterocycles. The van der Waals surface area contributed by atoms with Gasteiger partial charge in [0.05, 0.1) is 0 Å². The van der Waals surface area contributed by atoms with Gasteiger partial charge in [-0.25, -0.2) is 4.79 Å². The van der Waals surface area contributed by atoms with E-state index in [2.05, 4.69) is 33.6 Å². The molecule has 1 aliphatic carbocycles. The molecule has 0 atom stereocenters. The zero-order valence-corrected chi connectivity index (χ0v) is 14.4. The van der Waals surface area contributed by atoms with Gasteiger partial charge in [-0.05, 0) is 49.8 Å². The minimum absolute atomic E-state index is 0.363. The lowest BCUT2D eigenvalue weighted by Gasteiger charge is -2.33. The quantitative estimate of drug-likeness (QED) is 0.775. The molecule has 1 spiro atoms. The average molecular weight is 380 g/mol. The summed E-state index contributed by atoms with van der Waals surface area (Å²) in [7, 11) is 0. The molecule has 4 amide bonds. The highest BCUT2D eigenvalue weighted by atomic mass is 79.9. The maximum atomic E-state index is 12.7. The Morgan fingerprint density at radius 1 is 1.35 bits per heavy atom. The van der Waals surface area contributed by atoms with Crippen LogP contribution < -0.4 is 10.7 Å². The number of imide groups is 1. The predicted octanol–water partition coefficient (Wildman–Crippen LogP) is 2.59. The third-order valence-corrected chi connectivity index (χ3v) is 5.08. The number of carbonyl (C=O) groups is 3. The van der Waals surface area contributed by atoms with Crippen LogP contribution in [0.5, 0.6) is 0 Å². The summed E-state index contributed by atoms with van der Waals surface area (Å²) in [5.41, 5.74) is 1.94. The number of rotatable bonds is 2. The Labute approximate surface area is 142 Å². The molecule has 1 aromatic rings. The molecule has 7 heteroatoms. The van der Waals surface area contributed by atoms with Crippen molar-refractivity contribution in [1.82, 2.24) is 15.8 Å². The van der Waals surface area contributed by atoms with Crippen molar-refractivity contribution in [1.29, 1.82) is 0 Å². The van der Waals surface area contributed by atoms with Crippen molar-refractivity contribution in [2.45, 2.75) is 38.1 Å². The molecule has 0 bridgehead atoms. The molecular weight excluding hydrogens is 362 g/mol. The van der Waals surface area contributed by atoms with Crippen molar-refractivity contribution >= 4 is 33.8 Å². The summed E-state index contributed by atoms with van der Waals surface area (Å²) in [6.07, 6.45) is 3.00. The van der Waals surface area contributed by atoms with Gasteiger partial charge in [-0.1, -0.05) is 28.9 Å². The van der Waals surface area contributed by atoms with E-state index in [1.807, 2.05) is 0 Å². The van der Waals surface area contributed by atoms with Crippen LogP contribution in [0.3, 0.4) is 0 Å². The fraction of sp³-hybridized carbons (Fsp3) is 0.438. The summed E-state index contributed by atoms with van der Waals surface area (Å²) in [6.45, 7) is 2.14. The van der Waals surface area contributed by atoms with Crippen LogP contribution in [0.4, 0.5) is 4.79 Å². The first kappa shape index (κ1) is 16.0. The molecule has 0 unspecified atom stereocenters. The number of nitrogens with one attached hydrogen (secondary N) is 2. The van der Waals surface area contributed by atoms with Gasteiger partial charge >= 0.3 is 6.03 Å². The number of benzene rings is 1. The molecular formula is C16H18BrN3O3. The molecule has 1 aliphatic heterocycles. The fourth-order valence-corrected chi connectivity index (χ4v) is 3.51. The van der Waals surface area contributed by atoms with Crippen molar-refractivity contribution in [2.24, 2.45) is 5.92 Å². The topological polar surface area (TPSA) is 78.5 Å². The third kappa shape index (κ3) is 2.97. The molecule has 3 rings (SSSR count). The van der Waals surface area contributed by atoms with Crippen LogP contribution in [0.1, 0.15) is 43.0 Å². The molecule has 0 aromatic heterocycles. The molecule has 1 saturated heterocycles. The molecule has 122 valence electrons. The first-order valence-corrected chi connectivity index (χ1v) is 8.44. The molecule has 1 aromatic carbocycles. The summed E-state index contributed by atoms with van der Waals surface area (Å²) < 4.78 is 0.750. The molecule has 2 fully saturated rings. The van der Waals surface area contributed by atoms with Crippen LogP contribution in [0.2, 0.25) is 0 Å². The van der Waals surface area contributed by atoms with Crippen molar-refractivity contribution in [3.8, 4) is 0 Å². The van der Waals surface area contributed by atoms with Gasteiger partial charge in [-0.2, -0.15) is 5.01 Å². The van der Waals surface area contributed by atoms with Crippen molar-refractivity contribution in [2.75, 3.05) is 0 Å². The first-order chi connectivity index (χ1) is 10.9. The number of halogens is 1. The van der Waals surface area contributed by atoms with Gasteiger partial charge in [0.25, 0.3) is 11.8 Å². The third-order valence-electron chi connectivity index (χ3n) is 4.59. The lowest BCUT2D eigenvalue weighted by Crippen LogP contribution is -2.51. The van der Waals surface area contributed by atoms with Crippen molar-refractivity contribution < 1.29 is 14.4 Å². The van der Waals surface area contributed by atoms with E-state index in [4.69, 9.17) is 0 Å². The standard InChI is InChI=1S/C16H18BrN3O3/c1-10-5-7-16(8-6-10)14(22)20(15(23)18-16)19-13(21)11-3-2-4-12(17)9-11/h2-4,9-10H,5-8H2,1H3,(H,18,23)(H,19,21). The lowest BCUT2D eigenvalue weighted by atomic mass is 9.77. The molecule has 1 saturated carbocycles. The van der Waals surface area contributed by atoms with E-state index in [1.165, 1.54) is 0 Å². The van der Waals surface area contributed by atoms with E-state index in [-0.39, 0.29) is 5.91 Å². The van der Waals surface area contributed by atoms with E-state index in [1.54, 1.807) is 24.3 Å². The number of nitrogens with zero attached hydrogens (tertiary/aromatic N) is 1. The Morgan fingerprint density at radius 3 is 2.70 bits per heavy atom. The number of hydrogen-bond acceptors (Lipinski definition) is 3. The maximum absolute atomic E-state index is 12.7. The van der Waals surface area contributed by atoms with Crippen LogP contribution in [-0.4, -0.2) is 28.4 Å². The number of hydrogen-bond donors (Lipinski definition) is 2. The zero-order valence-electron chi connectivity index (χ0n) is 12.8. The normalized spacial score (nSPS) is 27.2. The van der Waals surface area contributed by atoms with Gasteiger partial charge in [0, 0.05) is 10.0 Å². The average Bonchev–Trinajstić information content (AvgIpc) is 2.75. The summed E-state index contributed by atoms with van der Waals surface area (Å²) in [6, 6.07) is 6.20. The molecule has 0 radical (unpaired) electrons. The first-order valence-electron chi connectivity index (χ1n) is 7.64. The second kappa shape index (κ2) is 5.96. The second-order valence-corrected chi connectivity index (χ2v) is 7.20. The van der Waals surface area contributed by atoms with Crippen LogP contribution >= 0.6 is 15.9 Å². The second-order valence-electron chi connectivity index (χ2n) is 6.29. The Morgan fingerprint density at radius 2 is 2.04 bits per heavy atom. The SMILES string of the molecule is CC1CCC2(CC1)NC(=O)N(NC(=O)c1cccc(Br)c1)C2=O.